The Morgan fingerprint density at radius 2 is 0.915 bits per heavy atom. The summed E-state index contributed by atoms with van der Waals surface area (Å²) < 4.78 is 39.1. The van der Waals surface area contributed by atoms with Crippen molar-refractivity contribution in [1.82, 2.24) is 28.4 Å². The second-order valence-electron chi connectivity index (χ2n) is 20.9. The van der Waals surface area contributed by atoms with E-state index in [1.807, 2.05) is 44.3 Å². The van der Waals surface area contributed by atoms with Crippen LogP contribution in [-0.4, -0.2) is 92.6 Å². The number of halogens is 1. The molecular weight excluding hydrogens is 1040 g/mol. The standard InChI is InChI=1S/C30H44N4O4Si.C24H34IN3O3Si/c1-18(2)39(19(3)4,20(5)6)34-17-22(28(35)30(7,8)12-13-31)26-29(34)32-16-23(33-26)21-14-24(36-9)27(38-11)25(15-21)37-10;1-14(2)32(15(3)4,16(5)6)28-13-18(25)22-24(28)26-12-19(27-22)17-10-20(29-7)23(31-9)21(11-17)30-8/h14-20,28,35H,12H2,1-11H3;10-16H,1-9H3. The molecule has 6 rings (SSSR count). The van der Waals surface area contributed by atoms with Crippen LogP contribution < -0.4 is 28.4 Å². The summed E-state index contributed by atoms with van der Waals surface area (Å²) in [6.45, 7) is 31.8. The van der Waals surface area contributed by atoms with E-state index in [9.17, 15) is 10.4 Å². The second-order valence-corrected chi connectivity index (χ2v) is 33.5. The van der Waals surface area contributed by atoms with E-state index >= 15 is 0 Å². The Morgan fingerprint density at radius 3 is 1.24 bits per heavy atom. The summed E-state index contributed by atoms with van der Waals surface area (Å²) in [6, 6.07) is 9.76. The van der Waals surface area contributed by atoms with Crippen molar-refractivity contribution < 1.29 is 33.5 Å². The number of aliphatic hydroxyl groups excluding tert-OH is 1. The number of methoxy groups -OCH3 is 6. The molecule has 0 bridgehead atoms. The molecule has 1 atom stereocenters. The number of aromatic nitrogens is 6. The molecule has 0 saturated carbocycles. The summed E-state index contributed by atoms with van der Waals surface area (Å²) in [4.78, 5) is 20.1. The Balaban J connectivity index is 0.000000269. The molecule has 0 spiro atoms. The molecule has 2 aromatic carbocycles. The van der Waals surface area contributed by atoms with Crippen molar-refractivity contribution in [2.24, 2.45) is 5.41 Å². The van der Waals surface area contributed by atoms with Crippen molar-refractivity contribution in [3.05, 3.63) is 58.2 Å². The van der Waals surface area contributed by atoms with Gasteiger partial charge in [0, 0.05) is 40.9 Å². The number of fused-ring (bicyclic) bond motifs is 2. The van der Waals surface area contributed by atoms with Crippen LogP contribution in [0.5, 0.6) is 34.5 Å². The van der Waals surface area contributed by atoms with Crippen LogP contribution in [-0.2, 0) is 0 Å². The zero-order valence-corrected chi connectivity index (χ0v) is 49.9. The van der Waals surface area contributed by atoms with Gasteiger partial charge in [-0.25, -0.2) is 19.9 Å². The molecule has 0 saturated heterocycles. The zero-order valence-electron chi connectivity index (χ0n) is 45.8. The molecule has 0 fully saturated rings. The largest absolute Gasteiger partial charge is 0.493 e. The summed E-state index contributed by atoms with van der Waals surface area (Å²) in [7, 11) is 5.41. The van der Waals surface area contributed by atoms with E-state index in [1.54, 1.807) is 48.9 Å². The van der Waals surface area contributed by atoms with Gasteiger partial charge in [-0.2, -0.15) is 5.26 Å². The predicted octanol–water partition coefficient (Wildman–Crippen LogP) is 13.9. The third-order valence-corrected chi connectivity index (χ3v) is 29.1. The van der Waals surface area contributed by atoms with Crippen molar-refractivity contribution >= 4 is 61.4 Å². The van der Waals surface area contributed by atoms with Crippen LogP contribution in [0.1, 0.15) is 115 Å². The van der Waals surface area contributed by atoms with Crippen LogP contribution in [0.15, 0.2) is 49.1 Å². The Kier molecular flexibility index (Phi) is 18.4. The van der Waals surface area contributed by atoms with E-state index in [0.29, 0.717) is 84.5 Å². The molecule has 0 radical (unpaired) electrons. The number of hydrogen-bond donors (Lipinski definition) is 1. The van der Waals surface area contributed by atoms with Gasteiger partial charge in [0.25, 0.3) is 0 Å². The van der Waals surface area contributed by atoms with E-state index in [0.717, 1.165) is 37.2 Å². The number of nitriles is 1. The maximum atomic E-state index is 11.7. The number of benzene rings is 2. The van der Waals surface area contributed by atoms with Crippen LogP contribution in [0.3, 0.4) is 0 Å². The minimum atomic E-state index is -2.23. The van der Waals surface area contributed by atoms with E-state index in [1.165, 1.54) is 0 Å². The third-order valence-electron chi connectivity index (χ3n) is 14.8. The number of hydrogen-bond acceptors (Lipinski definition) is 12. The molecule has 0 aliphatic rings. The molecule has 71 heavy (non-hydrogen) atoms. The van der Waals surface area contributed by atoms with Gasteiger partial charge in [-0.3, -0.25) is 0 Å². The first-order valence-electron chi connectivity index (χ1n) is 24.5. The highest BCUT2D eigenvalue weighted by Crippen LogP contribution is 2.49. The van der Waals surface area contributed by atoms with Crippen LogP contribution in [0, 0.1) is 20.3 Å². The quantitative estimate of drug-likeness (QED) is 0.0605. The van der Waals surface area contributed by atoms with Gasteiger partial charge < -0.3 is 42.0 Å². The van der Waals surface area contributed by atoms with Crippen molar-refractivity contribution in [1.29, 1.82) is 5.26 Å². The van der Waals surface area contributed by atoms with Gasteiger partial charge in [0.15, 0.2) is 50.8 Å². The summed E-state index contributed by atoms with van der Waals surface area (Å²) in [5.74, 6) is 3.30. The fourth-order valence-electron chi connectivity index (χ4n) is 11.9. The van der Waals surface area contributed by atoms with Gasteiger partial charge >= 0.3 is 0 Å². The number of rotatable bonds is 19. The van der Waals surface area contributed by atoms with E-state index in [-0.39, 0.29) is 6.42 Å². The highest BCUT2D eigenvalue weighted by molar-refractivity contribution is 14.1. The van der Waals surface area contributed by atoms with Crippen LogP contribution in [0.4, 0.5) is 0 Å². The third kappa shape index (κ3) is 10.2. The lowest BCUT2D eigenvalue weighted by Crippen LogP contribution is -2.51. The molecule has 14 nitrogen and oxygen atoms in total. The number of aliphatic hydroxyl groups is 1. The van der Waals surface area contributed by atoms with E-state index < -0.39 is 28.0 Å². The predicted molar refractivity (Wildman–Crippen MR) is 300 cm³/mol. The lowest BCUT2D eigenvalue weighted by Gasteiger charge is -2.44. The summed E-state index contributed by atoms with van der Waals surface area (Å²) in [6.07, 6.45) is 7.30. The SMILES string of the molecule is COc1cc(-c2cnc3c(n2)c(C(O)C(C)(C)CC#N)cn3[Si](C(C)C)(C(C)C)C(C)C)cc(OC)c1OC.COc1cc(-c2cnc3c(n2)c(I)cn3[Si](C(C)C)(C(C)C)C(C)C)cc(OC)c1OC. The van der Waals surface area contributed by atoms with Crippen molar-refractivity contribution in [2.45, 2.75) is 143 Å². The molecule has 17 heteroatoms. The van der Waals surface area contributed by atoms with Gasteiger partial charge in [-0.05, 0) is 80.1 Å². The van der Waals surface area contributed by atoms with Crippen LogP contribution in [0.25, 0.3) is 44.8 Å². The Labute approximate surface area is 438 Å². The fourth-order valence-corrected chi connectivity index (χ4v) is 25.9. The molecule has 4 aromatic heterocycles. The molecule has 0 aliphatic heterocycles. The average molecular weight is 1120 g/mol. The van der Waals surface area contributed by atoms with Crippen LogP contribution >= 0.6 is 22.6 Å². The Bertz CT molecular complexity index is 2760. The van der Waals surface area contributed by atoms with Gasteiger partial charge in [0.05, 0.1) is 82.2 Å². The molecule has 1 N–H and O–H groups in total. The monoisotopic (exact) mass is 1120 g/mol. The molecule has 0 amide bonds. The zero-order chi connectivity index (χ0) is 53.1. The topological polar surface area (TPSA) is 161 Å². The van der Waals surface area contributed by atoms with E-state index in [4.69, 9.17) is 48.4 Å². The maximum Gasteiger partial charge on any atom is 0.203 e. The first-order valence-corrected chi connectivity index (χ1v) is 30.0. The molecule has 1 unspecified atom stereocenters. The summed E-state index contributed by atoms with van der Waals surface area (Å²) in [5, 5.41) is 21.2. The molecule has 386 valence electrons. The average Bonchev–Trinajstić information content (AvgIpc) is 3.86. The van der Waals surface area contributed by atoms with Gasteiger partial charge in [0.1, 0.15) is 11.0 Å². The number of nitrogens with zero attached hydrogens (tertiary/aromatic N) is 7. The van der Waals surface area contributed by atoms with Gasteiger partial charge in [-0.1, -0.05) is 96.9 Å². The highest BCUT2D eigenvalue weighted by Gasteiger charge is 2.48. The summed E-state index contributed by atoms with van der Waals surface area (Å²) in [5.41, 5.74) is 9.38. The second kappa shape index (κ2) is 22.9. The van der Waals surface area contributed by atoms with Gasteiger partial charge in [-0.15, -0.1) is 0 Å². The first-order chi connectivity index (χ1) is 33.4. The first kappa shape index (κ1) is 57.0. The molecular formula is C54H78IN7O7Si2. The van der Waals surface area contributed by atoms with Crippen molar-refractivity contribution in [2.75, 3.05) is 42.7 Å². The smallest absolute Gasteiger partial charge is 0.203 e. The minimum Gasteiger partial charge on any atom is -0.493 e. The van der Waals surface area contributed by atoms with E-state index in [2.05, 4.69) is 133 Å². The molecule has 6 aromatic rings. The van der Waals surface area contributed by atoms with Crippen molar-refractivity contribution in [3.8, 4) is 63.1 Å². The Morgan fingerprint density at radius 1 is 0.577 bits per heavy atom. The fraction of sp³-hybridized carbons (Fsp3) is 0.537. The highest BCUT2D eigenvalue weighted by atomic mass is 127. The minimum absolute atomic E-state index is 0.210. The van der Waals surface area contributed by atoms with Gasteiger partial charge in [0.2, 0.25) is 11.5 Å². The van der Waals surface area contributed by atoms with Crippen LogP contribution in [0.2, 0.25) is 33.2 Å². The maximum absolute atomic E-state index is 11.7. The number of ether oxygens (including phenoxy) is 6. The molecule has 0 aliphatic carbocycles. The Hall–Kier alpha value is -4.91. The summed E-state index contributed by atoms with van der Waals surface area (Å²) >= 11 is 2.39. The normalized spacial score (nSPS) is 12.8. The lowest BCUT2D eigenvalue weighted by molar-refractivity contribution is 0.0536. The molecule has 4 heterocycles. The lowest BCUT2D eigenvalue weighted by atomic mass is 9.81. The van der Waals surface area contributed by atoms with Crippen molar-refractivity contribution in [3.63, 3.8) is 0 Å².